The third-order valence-electron chi connectivity index (χ3n) is 5.13. The third-order valence-corrected chi connectivity index (χ3v) is 6.51. The van der Waals surface area contributed by atoms with Crippen molar-refractivity contribution in [3.8, 4) is 5.75 Å². The van der Waals surface area contributed by atoms with E-state index in [9.17, 15) is 13.2 Å². The molecule has 9 heteroatoms. The highest BCUT2D eigenvalue weighted by Gasteiger charge is 2.35. The number of hydrogen-bond acceptors (Lipinski definition) is 5. The number of rotatable bonds is 3. The molecule has 0 saturated heterocycles. The number of nitrogens with zero attached hydrogens (tertiary/aromatic N) is 1. The van der Waals surface area contributed by atoms with Crippen LogP contribution in [0.15, 0.2) is 65.1 Å². The second-order valence-electron chi connectivity index (χ2n) is 7.31. The van der Waals surface area contributed by atoms with Crippen LogP contribution in [-0.4, -0.2) is 33.2 Å². The fourth-order valence-corrected chi connectivity index (χ4v) is 4.77. The Balaban J connectivity index is 1.43. The van der Waals surface area contributed by atoms with Crippen molar-refractivity contribution in [3.63, 3.8) is 0 Å². The molecular weight excluding hydrogens is 440 g/mol. The number of halogens is 1. The monoisotopic (exact) mass is 456 g/mol. The molecular formula is C22H17ClN2O5S. The molecule has 0 spiro atoms. The first-order valence-electron chi connectivity index (χ1n) is 9.46. The third kappa shape index (κ3) is 3.58. The number of carbonyl (C=O) groups is 1. The lowest BCUT2D eigenvalue weighted by atomic mass is 10.1. The zero-order chi connectivity index (χ0) is 21.8. The summed E-state index contributed by atoms with van der Waals surface area (Å²) < 4.78 is 37.4. The second kappa shape index (κ2) is 7.18. The molecule has 4 aromatic rings. The molecule has 0 saturated carbocycles. The summed E-state index contributed by atoms with van der Waals surface area (Å²) >= 11 is 6.01. The molecule has 0 radical (unpaired) electrons. The number of hydrogen-bond donors (Lipinski definition) is 1. The molecule has 1 atom stereocenters. The Morgan fingerprint density at radius 1 is 1.06 bits per heavy atom. The smallest absolute Gasteiger partial charge is 0.267 e. The van der Waals surface area contributed by atoms with Crippen molar-refractivity contribution in [1.82, 2.24) is 0 Å². The van der Waals surface area contributed by atoms with Crippen LogP contribution >= 0.6 is 11.6 Å². The van der Waals surface area contributed by atoms with Crippen molar-refractivity contribution in [3.05, 3.63) is 65.7 Å². The van der Waals surface area contributed by atoms with Gasteiger partial charge in [0.15, 0.2) is 6.10 Å². The van der Waals surface area contributed by atoms with Crippen LogP contribution in [0.4, 0.5) is 11.4 Å². The minimum Gasteiger partial charge on any atom is -0.476 e. The Morgan fingerprint density at radius 2 is 1.84 bits per heavy atom. The number of ether oxygens (including phenoxy) is 1. The first kappa shape index (κ1) is 19.7. The molecule has 3 aromatic carbocycles. The number of nitrogens with one attached hydrogen (secondary N) is 1. The summed E-state index contributed by atoms with van der Waals surface area (Å²) in [4.78, 5) is 12.9. The van der Waals surface area contributed by atoms with Gasteiger partial charge in [0.25, 0.3) is 5.91 Å². The average Bonchev–Trinajstić information content (AvgIpc) is 3.10. The molecule has 1 amide bonds. The molecule has 1 N–H and O–H groups in total. The van der Waals surface area contributed by atoms with Gasteiger partial charge in [-0.2, -0.15) is 0 Å². The van der Waals surface area contributed by atoms with Gasteiger partial charge in [-0.25, -0.2) is 8.42 Å². The molecule has 2 heterocycles. The molecule has 158 valence electrons. The van der Waals surface area contributed by atoms with Gasteiger partial charge in [0.05, 0.1) is 18.5 Å². The summed E-state index contributed by atoms with van der Waals surface area (Å²) in [5.41, 5.74) is 2.23. The highest BCUT2D eigenvalue weighted by Crippen LogP contribution is 2.37. The Kier molecular flexibility index (Phi) is 4.56. The molecule has 0 bridgehead atoms. The normalized spacial score (nSPS) is 16.2. The van der Waals surface area contributed by atoms with E-state index in [0.717, 1.165) is 26.9 Å². The van der Waals surface area contributed by atoms with E-state index in [0.29, 0.717) is 22.0 Å². The second-order valence-corrected chi connectivity index (χ2v) is 9.65. The molecule has 1 aliphatic rings. The average molecular weight is 457 g/mol. The van der Waals surface area contributed by atoms with Gasteiger partial charge in [0.2, 0.25) is 10.0 Å². The van der Waals surface area contributed by atoms with Crippen molar-refractivity contribution in [2.45, 2.75) is 6.10 Å². The Labute approximate surface area is 183 Å². The van der Waals surface area contributed by atoms with Gasteiger partial charge in [-0.3, -0.25) is 9.10 Å². The maximum absolute atomic E-state index is 12.9. The number of fused-ring (bicyclic) bond motifs is 4. The van der Waals surface area contributed by atoms with Crippen molar-refractivity contribution in [1.29, 1.82) is 0 Å². The highest BCUT2D eigenvalue weighted by molar-refractivity contribution is 7.92. The van der Waals surface area contributed by atoms with E-state index in [-0.39, 0.29) is 12.3 Å². The SMILES string of the molecule is CS(=O)(=O)N1C[C@@H](C(=O)Nc2ccc3c(c2)oc2ccccc23)Oc2ccc(Cl)cc21. The number of para-hydroxylation sites is 1. The van der Waals surface area contributed by atoms with E-state index in [4.69, 9.17) is 20.8 Å². The van der Waals surface area contributed by atoms with Crippen LogP contribution in [0.3, 0.4) is 0 Å². The van der Waals surface area contributed by atoms with E-state index in [1.54, 1.807) is 24.3 Å². The van der Waals surface area contributed by atoms with E-state index in [1.807, 2.05) is 30.3 Å². The van der Waals surface area contributed by atoms with Crippen LogP contribution in [0.2, 0.25) is 5.02 Å². The summed E-state index contributed by atoms with van der Waals surface area (Å²) in [6.07, 6.45) is 0.0442. The van der Waals surface area contributed by atoms with Gasteiger partial charge in [-0.1, -0.05) is 29.8 Å². The lowest BCUT2D eigenvalue weighted by Gasteiger charge is -2.34. The number of furan rings is 1. The van der Waals surface area contributed by atoms with Gasteiger partial charge in [0, 0.05) is 27.5 Å². The van der Waals surface area contributed by atoms with Crippen molar-refractivity contribution >= 4 is 60.8 Å². The molecule has 1 aromatic heterocycles. The quantitative estimate of drug-likeness (QED) is 0.493. The number of amides is 1. The molecule has 7 nitrogen and oxygen atoms in total. The molecule has 0 fully saturated rings. The Bertz CT molecular complexity index is 1450. The number of carbonyl (C=O) groups excluding carboxylic acids is 1. The largest absolute Gasteiger partial charge is 0.476 e. The van der Waals surface area contributed by atoms with Crippen LogP contribution in [0, 0.1) is 0 Å². The summed E-state index contributed by atoms with van der Waals surface area (Å²) in [5.74, 6) is -0.196. The van der Waals surface area contributed by atoms with Crippen LogP contribution in [0.1, 0.15) is 0 Å². The molecule has 1 aliphatic heterocycles. The fourth-order valence-electron chi connectivity index (χ4n) is 3.70. The minimum absolute atomic E-state index is 0.162. The topological polar surface area (TPSA) is 88.9 Å². The van der Waals surface area contributed by atoms with E-state index in [2.05, 4.69) is 5.32 Å². The zero-order valence-electron chi connectivity index (χ0n) is 16.3. The summed E-state index contributed by atoms with van der Waals surface area (Å²) in [7, 11) is -3.64. The van der Waals surface area contributed by atoms with E-state index < -0.39 is 22.0 Å². The lowest BCUT2D eigenvalue weighted by Crippen LogP contribution is -2.48. The van der Waals surface area contributed by atoms with Crippen molar-refractivity contribution in [2.24, 2.45) is 0 Å². The minimum atomic E-state index is -3.64. The molecule has 0 unspecified atom stereocenters. The summed E-state index contributed by atoms with van der Waals surface area (Å²) in [6.45, 7) is -0.162. The predicted molar refractivity (Wildman–Crippen MR) is 120 cm³/mol. The first-order valence-corrected chi connectivity index (χ1v) is 11.7. The molecule has 31 heavy (non-hydrogen) atoms. The predicted octanol–water partition coefficient (Wildman–Crippen LogP) is 4.41. The molecule has 0 aliphatic carbocycles. The van der Waals surface area contributed by atoms with Gasteiger partial charge in [-0.15, -0.1) is 0 Å². The van der Waals surface area contributed by atoms with E-state index >= 15 is 0 Å². The number of anilines is 2. The van der Waals surface area contributed by atoms with Crippen LogP contribution in [0.5, 0.6) is 5.75 Å². The van der Waals surface area contributed by atoms with Gasteiger partial charge < -0.3 is 14.5 Å². The van der Waals surface area contributed by atoms with Gasteiger partial charge in [0.1, 0.15) is 16.9 Å². The highest BCUT2D eigenvalue weighted by atomic mass is 35.5. The van der Waals surface area contributed by atoms with Crippen LogP contribution in [-0.2, 0) is 14.8 Å². The standard InChI is InChI=1S/C22H17ClN2O5S/c1-31(27,28)25-12-21(30-19-9-6-13(23)10-17(19)25)22(26)24-14-7-8-16-15-4-2-3-5-18(15)29-20(16)11-14/h2-11,21H,12H2,1H3,(H,24,26)/t21-/m0/s1. The first-order chi connectivity index (χ1) is 14.8. The Morgan fingerprint density at radius 3 is 2.65 bits per heavy atom. The number of benzene rings is 3. The van der Waals surface area contributed by atoms with Gasteiger partial charge >= 0.3 is 0 Å². The zero-order valence-corrected chi connectivity index (χ0v) is 17.9. The van der Waals surface area contributed by atoms with E-state index in [1.165, 1.54) is 6.07 Å². The molecule has 5 rings (SSSR count). The summed E-state index contributed by atoms with van der Waals surface area (Å²) in [6, 6.07) is 17.7. The Hall–Kier alpha value is -3.23. The van der Waals surface area contributed by atoms with Crippen molar-refractivity contribution < 1.29 is 22.4 Å². The lowest BCUT2D eigenvalue weighted by molar-refractivity contribution is -0.122. The maximum atomic E-state index is 12.9. The maximum Gasteiger partial charge on any atom is 0.267 e. The fraction of sp³-hybridized carbons (Fsp3) is 0.136. The van der Waals surface area contributed by atoms with Crippen molar-refractivity contribution in [2.75, 3.05) is 22.4 Å². The van der Waals surface area contributed by atoms with Gasteiger partial charge in [-0.05, 0) is 36.4 Å². The van der Waals surface area contributed by atoms with Crippen LogP contribution < -0.4 is 14.4 Å². The van der Waals surface area contributed by atoms with Crippen LogP contribution in [0.25, 0.3) is 21.9 Å². The number of sulfonamides is 1. The summed E-state index contributed by atoms with van der Waals surface area (Å²) in [5, 5.41) is 5.10.